The summed E-state index contributed by atoms with van der Waals surface area (Å²) in [7, 11) is 1.53. The second-order valence-corrected chi connectivity index (χ2v) is 6.34. The number of carbonyl (C=O) groups is 2. The van der Waals surface area contributed by atoms with Crippen molar-refractivity contribution in [3.8, 4) is 0 Å². The lowest BCUT2D eigenvalue weighted by molar-refractivity contribution is -0.117. The molecule has 0 amide bonds. The number of rotatable bonds is 8. The van der Waals surface area contributed by atoms with Gasteiger partial charge in [-0.2, -0.15) is 0 Å². The van der Waals surface area contributed by atoms with Crippen molar-refractivity contribution in [2.45, 2.75) is 19.0 Å². The van der Waals surface area contributed by atoms with Gasteiger partial charge in [0, 0.05) is 5.75 Å². The number of hydrogen-bond acceptors (Lipinski definition) is 6. The fourth-order valence-corrected chi connectivity index (χ4v) is 3.44. The van der Waals surface area contributed by atoms with E-state index in [1.807, 2.05) is 0 Å². The van der Waals surface area contributed by atoms with Gasteiger partial charge in [0.2, 0.25) is 0 Å². The van der Waals surface area contributed by atoms with Crippen LogP contribution in [0.3, 0.4) is 0 Å². The highest BCUT2D eigenvalue weighted by Gasteiger charge is 2.13. The van der Waals surface area contributed by atoms with Crippen LogP contribution in [-0.4, -0.2) is 46.9 Å². The first-order valence-electron chi connectivity index (χ1n) is 4.41. The van der Waals surface area contributed by atoms with E-state index in [1.54, 1.807) is 7.05 Å². The molecule has 0 aliphatic heterocycles. The van der Waals surface area contributed by atoms with E-state index in [2.05, 4.69) is 5.32 Å². The number of likely N-dealkylation sites (N-methyl/N-ethyl adjacent to an activating group) is 1. The third kappa shape index (κ3) is 6.77. The van der Waals surface area contributed by atoms with Crippen LogP contribution in [0.4, 0.5) is 0 Å². The fourth-order valence-electron chi connectivity index (χ4n) is 0.652. The largest absolute Gasteiger partial charge is 0.321 e. The molecule has 7 heteroatoms. The molecule has 0 saturated heterocycles. The first-order valence-corrected chi connectivity index (χ1v) is 7.23. The number of nitrogens with two attached hydrogens (primary N) is 1. The highest BCUT2D eigenvalue weighted by molar-refractivity contribution is 8.69. The van der Waals surface area contributed by atoms with Crippen molar-refractivity contribution in [1.29, 1.82) is 0 Å². The third-order valence-electron chi connectivity index (χ3n) is 1.75. The first kappa shape index (κ1) is 14.8. The van der Waals surface area contributed by atoms with E-state index in [-0.39, 0.29) is 11.5 Å². The first-order chi connectivity index (χ1) is 7.01. The van der Waals surface area contributed by atoms with Crippen molar-refractivity contribution in [2.24, 2.45) is 5.73 Å². The number of hydrogen-bond donors (Lipinski definition) is 2. The number of ketones is 1. The van der Waals surface area contributed by atoms with E-state index < -0.39 is 21.9 Å². The highest BCUT2D eigenvalue weighted by Crippen LogP contribution is 2.10. The van der Waals surface area contributed by atoms with Crippen LogP contribution in [0.25, 0.3) is 0 Å². The van der Waals surface area contributed by atoms with Gasteiger partial charge in [0.15, 0.2) is 0 Å². The molecule has 0 heterocycles. The molecule has 0 aliphatic carbocycles. The number of aldehydes is 1. The van der Waals surface area contributed by atoms with Crippen LogP contribution in [0.5, 0.6) is 0 Å². The summed E-state index contributed by atoms with van der Waals surface area (Å²) in [5.41, 5.74) is 5.47. The van der Waals surface area contributed by atoms with Gasteiger partial charge in [0.25, 0.3) is 0 Å². The Morgan fingerprint density at radius 1 is 1.67 bits per heavy atom. The van der Waals surface area contributed by atoms with Gasteiger partial charge in [-0.1, -0.05) is 10.8 Å². The molecule has 88 valence electrons. The molecule has 3 unspecified atom stereocenters. The van der Waals surface area contributed by atoms with E-state index in [0.29, 0.717) is 12.0 Å². The Bertz CT molecular complexity index is 248. The molecule has 3 N–H and O–H groups in total. The summed E-state index contributed by atoms with van der Waals surface area (Å²) in [6.45, 7) is 1.40. The maximum Gasteiger partial charge on any atom is 0.147 e. The van der Waals surface area contributed by atoms with Crippen LogP contribution in [0.15, 0.2) is 0 Å². The van der Waals surface area contributed by atoms with Gasteiger partial charge >= 0.3 is 0 Å². The molecule has 0 aliphatic rings. The summed E-state index contributed by atoms with van der Waals surface area (Å²) in [5.74, 6) is 0.423. The van der Waals surface area contributed by atoms with Crippen molar-refractivity contribution < 1.29 is 13.8 Å². The van der Waals surface area contributed by atoms with Gasteiger partial charge in [0.1, 0.15) is 12.1 Å². The predicted molar refractivity (Wildman–Crippen MR) is 63.0 cm³/mol. The summed E-state index contributed by atoms with van der Waals surface area (Å²) in [4.78, 5) is 21.2. The summed E-state index contributed by atoms with van der Waals surface area (Å²) < 4.78 is 11.4. The lowest BCUT2D eigenvalue weighted by Gasteiger charge is -2.09. The molecule has 0 saturated carbocycles. The fraction of sp³-hybridized carbons (Fsp3) is 0.750. The molecule has 0 radical (unpaired) electrons. The lowest BCUT2D eigenvalue weighted by Crippen LogP contribution is -2.33. The van der Waals surface area contributed by atoms with Gasteiger partial charge in [-0.3, -0.25) is 4.79 Å². The van der Waals surface area contributed by atoms with Crippen LogP contribution >= 0.6 is 10.8 Å². The maximum absolute atomic E-state index is 11.4. The SMILES string of the molecule is CNC(C=O)CS(=O)SCC(N)C(C)=O. The van der Waals surface area contributed by atoms with E-state index in [4.69, 9.17) is 5.73 Å². The lowest BCUT2D eigenvalue weighted by atomic mass is 10.3. The van der Waals surface area contributed by atoms with Gasteiger partial charge in [-0.05, 0) is 14.0 Å². The zero-order valence-corrected chi connectivity index (χ0v) is 10.4. The molecule has 0 aromatic heterocycles. The number of Topliss-reactive ketones (excluding diaryl/α,β-unsaturated/α-hetero) is 1. The normalized spacial score (nSPS) is 16.7. The number of carbonyl (C=O) groups excluding carboxylic acids is 2. The van der Waals surface area contributed by atoms with E-state index in [0.717, 1.165) is 10.8 Å². The summed E-state index contributed by atoms with van der Waals surface area (Å²) in [5, 5.41) is 2.72. The van der Waals surface area contributed by atoms with Gasteiger partial charge in [-0.25, -0.2) is 4.21 Å². The summed E-state index contributed by atoms with van der Waals surface area (Å²) >= 11 is 0. The van der Waals surface area contributed by atoms with Crippen LogP contribution in [0.2, 0.25) is 0 Å². The molecular formula is C8H16N2O3S2. The van der Waals surface area contributed by atoms with E-state index in [9.17, 15) is 13.8 Å². The third-order valence-corrected chi connectivity index (χ3v) is 4.75. The Kier molecular flexibility index (Phi) is 7.85. The Labute approximate surface area is 95.4 Å². The molecule has 0 aromatic carbocycles. The van der Waals surface area contributed by atoms with Crippen LogP contribution < -0.4 is 11.1 Å². The second-order valence-electron chi connectivity index (χ2n) is 3.00. The Balaban J connectivity index is 3.84. The second kappa shape index (κ2) is 7.98. The molecule has 0 bridgehead atoms. The minimum absolute atomic E-state index is 0.125. The van der Waals surface area contributed by atoms with E-state index >= 15 is 0 Å². The molecule has 15 heavy (non-hydrogen) atoms. The molecule has 0 rings (SSSR count). The van der Waals surface area contributed by atoms with Crippen molar-refractivity contribution >= 4 is 32.7 Å². The van der Waals surface area contributed by atoms with Crippen molar-refractivity contribution in [3.05, 3.63) is 0 Å². The number of nitrogens with one attached hydrogen (secondary N) is 1. The molecule has 3 atom stereocenters. The molecular weight excluding hydrogens is 236 g/mol. The molecule has 0 aromatic rings. The van der Waals surface area contributed by atoms with Crippen molar-refractivity contribution in [2.75, 3.05) is 18.6 Å². The Morgan fingerprint density at radius 3 is 2.67 bits per heavy atom. The topological polar surface area (TPSA) is 89.3 Å². The van der Waals surface area contributed by atoms with Crippen molar-refractivity contribution in [1.82, 2.24) is 5.32 Å². The quantitative estimate of drug-likeness (QED) is 0.429. The Hall–Kier alpha value is -0.240. The summed E-state index contributed by atoms with van der Waals surface area (Å²) in [6.07, 6.45) is 0.712. The zero-order chi connectivity index (χ0) is 11.8. The van der Waals surface area contributed by atoms with Gasteiger partial charge < -0.3 is 15.8 Å². The summed E-state index contributed by atoms with van der Waals surface area (Å²) in [6, 6.07) is -0.991. The molecule has 0 fully saturated rings. The zero-order valence-electron chi connectivity index (χ0n) is 8.76. The average molecular weight is 252 g/mol. The van der Waals surface area contributed by atoms with Crippen molar-refractivity contribution in [3.63, 3.8) is 0 Å². The average Bonchev–Trinajstić information content (AvgIpc) is 2.22. The van der Waals surface area contributed by atoms with E-state index in [1.165, 1.54) is 6.92 Å². The van der Waals surface area contributed by atoms with Crippen LogP contribution in [0, 0.1) is 0 Å². The smallest absolute Gasteiger partial charge is 0.147 e. The maximum atomic E-state index is 11.4. The minimum Gasteiger partial charge on any atom is -0.321 e. The van der Waals surface area contributed by atoms with Crippen LogP contribution in [-0.2, 0) is 19.4 Å². The predicted octanol–water partition coefficient (Wildman–Crippen LogP) is -0.913. The highest BCUT2D eigenvalue weighted by atomic mass is 33.1. The molecule has 5 nitrogen and oxygen atoms in total. The Morgan fingerprint density at radius 2 is 2.27 bits per heavy atom. The van der Waals surface area contributed by atoms with Gasteiger partial charge in [0.05, 0.1) is 27.7 Å². The standard InChI is InChI=1S/C8H16N2O3S2/c1-6(12)8(9)4-14-15(13)5-7(3-11)10-2/h3,7-8,10H,4-5,9H2,1-2H3. The van der Waals surface area contributed by atoms with Gasteiger partial charge in [-0.15, -0.1) is 0 Å². The monoisotopic (exact) mass is 252 g/mol. The minimum atomic E-state index is -1.20. The molecule has 0 spiro atoms. The van der Waals surface area contributed by atoms with Crippen LogP contribution in [0.1, 0.15) is 6.92 Å².